The van der Waals surface area contributed by atoms with Crippen molar-refractivity contribution in [3.8, 4) is 0 Å². The minimum Gasteiger partial charge on any atom is -0.481 e. The number of benzene rings is 1. The third-order valence-corrected chi connectivity index (χ3v) is 3.15. The minimum atomic E-state index is -0.804. The largest absolute Gasteiger partial charge is 0.481 e. The molecule has 7 heteroatoms. The number of carboxylic acids is 1. The highest BCUT2D eigenvalue weighted by atomic mass is 19.1. The molecule has 0 aliphatic rings. The van der Waals surface area contributed by atoms with Crippen molar-refractivity contribution in [1.82, 2.24) is 5.32 Å². The van der Waals surface area contributed by atoms with Crippen LogP contribution >= 0.6 is 0 Å². The first-order valence-electron chi connectivity index (χ1n) is 6.75. The molecule has 1 unspecified atom stereocenters. The van der Waals surface area contributed by atoms with Crippen molar-refractivity contribution >= 4 is 11.7 Å². The van der Waals surface area contributed by atoms with Gasteiger partial charge in [-0.05, 0) is 36.9 Å². The lowest BCUT2D eigenvalue weighted by Crippen LogP contribution is -2.17. The Morgan fingerprint density at radius 1 is 1.43 bits per heavy atom. The fourth-order valence-corrected chi connectivity index (χ4v) is 1.94. The summed E-state index contributed by atoms with van der Waals surface area (Å²) in [6.07, 6.45) is 1.56. The molecule has 1 rings (SSSR count). The number of hydrogen-bond acceptors (Lipinski definition) is 4. The summed E-state index contributed by atoms with van der Waals surface area (Å²) in [6.45, 7) is 2.95. The molecule has 0 radical (unpaired) electrons. The number of carbonyl (C=O) groups is 1. The van der Waals surface area contributed by atoms with Crippen LogP contribution < -0.4 is 5.32 Å². The number of carboxylic acid groups (broad SMARTS) is 1. The lowest BCUT2D eigenvalue weighted by molar-refractivity contribution is -0.385. The number of nitro benzene ring substituents is 1. The summed E-state index contributed by atoms with van der Waals surface area (Å²) in [6, 6.07) is 3.48. The van der Waals surface area contributed by atoms with Gasteiger partial charge in [-0.3, -0.25) is 14.9 Å². The van der Waals surface area contributed by atoms with E-state index < -0.39 is 16.7 Å². The Balaban J connectivity index is 2.35. The molecule has 0 aliphatic carbocycles. The number of rotatable bonds is 9. The predicted octanol–water partition coefficient (Wildman–Crippen LogP) is 2.71. The smallest absolute Gasteiger partial charge is 0.303 e. The van der Waals surface area contributed by atoms with Crippen LogP contribution in [0.15, 0.2) is 18.2 Å². The highest BCUT2D eigenvalue weighted by molar-refractivity contribution is 5.66. The van der Waals surface area contributed by atoms with Gasteiger partial charge >= 0.3 is 5.97 Å². The van der Waals surface area contributed by atoms with Gasteiger partial charge in [0.1, 0.15) is 5.82 Å². The Hall–Kier alpha value is -2.02. The van der Waals surface area contributed by atoms with Crippen LogP contribution in [-0.2, 0) is 11.3 Å². The molecule has 6 nitrogen and oxygen atoms in total. The normalized spacial score (nSPS) is 12.1. The van der Waals surface area contributed by atoms with E-state index in [4.69, 9.17) is 5.11 Å². The quantitative estimate of drug-likeness (QED) is 0.415. The van der Waals surface area contributed by atoms with Crippen LogP contribution in [0.25, 0.3) is 0 Å². The van der Waals surface area contributed by atoms with E-state index in [0.29, 0.717) is 25.1 Å². The zero-order chi connectivity index (χ0) is 15.8. The molecule has 0 heterocycles. The Bertz CT molecular complexity index is 508. The number of aliphatic carboxylic acids is 1. The topological polar surface area (TPSA) is 92.5 Å². The minimum absolute atomic E-state index is 0.150. The molecule has 0 saturated carbocycles. The molecule has 0 aliphatic heterocycles. The standard InChI is InChI=1S/C14H19FN2O4/c1-10(2-3-14(18)19)4-5-16-9-11-6-12(15)8-13(7-11)17(20)21/h6-8,10,16H,2-5,9H2,1H3,(H,18,19). The van der Waals surface area contributed by atoms with Crippen LogP contribution in [0.1, 0.15) is 31.7 Å². The molecule has 0 spiro atoms. The zero-order valence-electron chi connectivity index (χ0n) is 11.8. The van der Waals surface area contributed by atoms with E-state index >= 15 is 0 Å². The second-order valence-corrected chi connectivity index (χ2v) is 5.08. The number of nitro groups is 1. The first-order valence-corrected chi connectivity index (χ1v) is 6.75. The van der Waals surface area contributed by atoms with Gasteiger partial charge < -0.3 is 10.4 Å². The van der Waals surface area contributed by atoms with Crippen LogP contribution in [0.4, 0.5) is 10.1 Å². The number of halogens is 1. The summed E-state index contributed by atoms with van der Waals surface area (Å²) in [7, 11) is 0. The molecule has 0 fully saturated rings. The predicted molar refractivity (Wildman–Crippen MR) is 75.4 cm³/mol. The van der Waals surface area contributed by atoms with Gasteiger partial charge in [0.05, 0.1) is 11.0 Å². The van der Waals surface area contributed by atoms with Gasteiger partial charge in [0.25, 0.3) is 5.69 Å². The number of non-ortho nitro benzene ring substituents is 1. The number of nitrogens with zero attached hydrogens (tertiary/aromatic N) is 1. The molecule has 0 bridgehead atoms. The van der Waals surface area contributed by atoms with Crippen molar-refractivity contribution in [3.05, 3.63) is 39.7 Å². The van der Waals surface area contributed by atoms with Crippen molar-refractivity contribution in [2.75, 3.05) is 6.54 Å². The average molecular weight is 298 g/mol. The lowest BCUT2D eigenvalue weighted by Gasteiger charge is -2.10. The van der Waals surface area contributed by atoms with Crippen LogP contribution in [-0.4, -0.2) is 22.5 Å². The van der Waals surface area contributed by atoms with Crippen LogP contribution in [0.2, 0.25) is 0 Å². The van der Waals surface area contributed by atoms with Crippen molar-refractivity contribution < 1.29 is 19.2 Å². The van der Waals surface area contributed by atoms with Gasteiger partial charge in [-0.2, -0.15) is 0 Å². The van der Waals surface area contributed by atoms with E-state index in [9.17, 15) is 19.3 Å². The fraction of sp³-hybridized carbons (Fsp3) is 0.500. The van der Waals surface area contributed by atoms with Crippen LogP contribution in [0.3, 0.4) is 0 Å². The molecule has 1 aromatic carbocycles. The molecule has 116 valence electrons. The summed E-state index contributed by atoms with van der Waals surface area (Å²) >= 11 is 0. The summed E-state index contributed by atoms with van der Waals surface area (Å²) in [5.41, 5.74) is 0.251. The summed E-state index contributed by atoms with van der Waals surface area (Å²) in [4.78, 5) is 20.4. The monoisotopic (exact) mass is 298 g/mol. The summed E-state index contributed by atoms with van der Waals surface area (Å²) in [5, 5.41) is 22.3. The number of hydrogen-bond donors (Lipinski definition) is 2. The van der Waals surface area contributed by atoms with Crippen molar-refractivity contribution in [2.45, 2.75) is 32.7 Å². The summed E-state index contributed by atoms with van der Waals surface area (Å²) in [5.74, 6) is -1.16. The van der Waals surface area contributed by atoms with Gasteiger partial charge in [0.2, 0.25) is 0 Å². The average Bonchev–Trinajstić information content (AvgIpc) is 2.40. The van der Waals surface area contributed by atoms with Crippen LogP contribution in [0.5, 0.6) is 0 Å². The highest BCUT2D eigenvalue weighted by Crippen LogP contribution is 2.16. The van der Waals surface area contributed by atoms with Gasteiger partial charge in [0, 0.05) is 19.0 Å². The molecule has 1 atom stereocenters. The molecule has 0 amide bonds. The van der Waals surface area contributed by atoms with Gasteiger partial charge in [-0.25, -0.2) is 4.39 Å². The summed E-state index contributed by atoms with van der Waals surface area (Å²) < 4.78 is 13.2. The number of nitrogens with one attached hydrogen (secondary N) is 1. The van der Waals surface area contributed by atoms with E-state index in [1.807, 2.05) is 6.92 Å². The third kappa shape index (κ3) is 6.80. The maximum atomic E-state index is 13.2. The Kier molecular flexibility index (Phi) is 6.74. The highest BCUT2D eigenvalue weighted by Gasteiger charge is 2.10. The first kappa shape index (κ1) is 17.0. The van der Waals surface area contributed by atoms with Gasteiger partial charge in [-0.15, -0.1) is 0 Å². The molecule has 0 saturated heterocycles. The fourth-order valence-electron chi connectivity index (χ4n) is 1.94. The van der Waals surface area contributed by atoms with Gasteiger partial charge in [0.15, 0.2) is 0 Å². The molecular weight excluding hydrogens is 279 g/mol. The second-order valence-electron chi connectivity index (χ2n) is 5.08. The van der Waals surface area contributed by atoms with E-state index in [0.717, 1.165) is 12.5 Å². The van der Waals surface area contributed by atoms with Crippen molar-refractivity contribution in [2.24, 2.45) is 5.92 Å². The van der Waals surface area contributed by atoms with E-state index in [1.165, 1.54) is 12.1 Å². The first-order chi connectivity index (χ1) is 9.88. The second kappa shape index (κ2) is 8.31. The Morgan fingerprint density at radius 3 is 2.76 bits per heavy atom. The van der Waals surface area contributed by atoms with Gasteiger partial charge in [-0.1, -0.05) is 6.92 Å². The Morgan fingerprint density at radius 2 is 2.14 bits per heavy atom. The molecule has 21 heavy (non-hydrogen) atoms. The van der Waals surface area contributed by atoms with Crippen LogP contribution in [0, 0.1) is 21.8 Å². The molecule has 1 aromatic rings. The van der Waals surface area contributed by atoms with E-state index in [1.54, 1.807) is 0 Å². The van der Waals surface area contributed by atoms with E-state index in [-0.39, 0.29) is 18.0 Å². The lowest BCUT2D eigenvalue weighted by atomic mass is 10.0. The van der Waals surface area contributed by atoms with E-state index in [2.05, 4.69) is 5.32 Å². The molecule has 0 aromatic heterocycles. The third-order valence-electron chi connectivity index (χ3n) is 3.15. The van der Waals surface area contributed by atoms with Crippen molar-refractivity contribution in [1.29, 1.82) is 0 Å². The molecular formula is C14H19FN2O4. The molecule has 2 N–H and O–H groups in total. The zero-order valence-corrected chi connectivity index (χ0v) is 11.8. The Labute approximate surface area is 122 Å². The SMILES string of the molecule is CC(CCNCc1cc(F)cc([N+](=O)[O-])c1)CCC(=O)O. The van der Waals surface area contributed by atoms with Crippen molar-refractivity contribution in [3.63, 3.8) is 0 Å². The maximum absolute atomic E-state index is 13.2. The maximum Gasteiger partial charge on any atom is 0.303 e.